The Kier molecular flexibility index (Phi) is 4.71. The van der Waals surface area contributed by atoms with Crippen LogP contribution in [0.4, 0.5) is 0 Å². The highest BCUT2D eigenvalue weighted by Gasteiger charge is 2.02. The maximum atomic E-state index is 9.65. The van der Waals surface area contributed by atoms with Gasteiger partial charge in [0, 0.05) is 17.0 Å². The molecule has 0 unspecified atom stereocenters. The second-order valence-electron chi connectivity index (χ2n) is 4.06. The van der Waals surface area contributed by atoms with E-state index in [1.165, 1.54) is 6.20 Å². The molecule has 0 bridgehead atoms. The highest BCUT2D eigenvalue weighted by molar-refractivity contribution is 5.88. The smallest absolute Gasteiger partial charge is 0.290 e. The van der Waals surface area contributed by atoms with E-state index in [1.807, 2.05) is 48.5 Å². The average Bonchev–Trinajstić information content (AvgIpc) is 2.49. The molecule has 1 heterocycles. The van der Waals surface area contributed by atoms with Crippen LogP contribution in [-0.4, -0.2) is 21.7 Å². The van der Waals surface area contributed by atoms with Gasteiger partial charge in [0.15, 0.2) is 0 Å². The van der Waals surface area contributed by atoms with Crippen LogP contribution < -0.4 is 4.74 Å². The summed E-state index contributed by atoms with van der Waals surface area (Å²) in [6, 6.07) is 15.1. The zero-order valence-electron chi connectivity index (χ0n) is 11.0. The molecule has 5 heteroatoms. The zero-order valence-corrected chi connectivity index (χ0v) is 11.0. The second kappa shape index (κ2) is 6.91. The van der Waals surface area contributed by atoms with Crippen molar-refractivity contribution < 1.29 is 19.7 Å². The number of fused-ring (bicyclic) bond motifs is 1. The van der Waals surface area contributed by atoms with E-state index in [9.17, 15) is 5.11 Å². The minimum atomic E-state index is -0.250. The third-order valence-electron chi connectivity index (χ3n) is 2.69. The minimum Gasteiger partial charge on any atom is -0.506 e. The number of nitrogens with zero attached hydrogens (tertiary/aromatic N) is 1. The molecule has 5 nitrogen and oxygen atoms in total. The lowest BCUT2D eigenvalue weighted by Gasteiger charge is -2.07. The highest BCUT2D eigenvalue weighted by Crippen LogP contribution is 2.28. The molecular formula is C16H13NO4. The van der Waals surface area contributed by atoms with Gasteiger partial charge in [0.25, 0.3) is 6.47 Å². The van der Waals surface area contributed by atoms with Gasteiger partial charge in [0.1, 0.15) is 17.2 Å². The quantitative estimate of drug-likeness (QED) is 0.704. The molecule has 0 spiro atoms. The van der Waals surface area contributed by atoms with Crippen molar-refractivity contribution in [2.75, 3.05) is 0 Å². The molecule has 21 heavy (non-hydrogen) atoms. The second-order valence-corrected chi connectivity index (χ2v) is 4.06. The number of carboxylic acid groups (broad SMARTS) is 1. The van der Waals surface area contributed by atoms with Crippen molar-refractivity contribution in [2.24, 2.45) is 0 Å². The van der Waals surface area contributed by atoms with E-state index in [-0.39, 0.29) is 12.2 Å². The molecule has 0 radical (unpaired) electrons. The lowest BCUT2D eigenvalue weighted by molar-refractivity contribution is -0.122. The van der Waals surface area contributed by atoms with Gasteiger partial charge in [0.05, 0.1) is 6.20 Å². The van der Waals surface area contributed by atoms with Gasteiger partial charge < -0.3 is 14.9 Å². The van der Waals surface area contributed by atoms with Gasteiger partial charge in [0.2, 0.25) is 0 Å². The van der Waals surface area contributed by atoms with Crippen LogP contribution in [0.1, 0.15) is 0 Å². The summed E-state index contributed by atoms with van der Waals surface area (Å²) in [5.74, 6) is 1.69. The number of para-hydroxylation sites is 1. The van der Waals surface area contributed by atoms with Crippen LogP contribution in [-0.2, 0) is 4.79 Å². The van der Waals surface area contributed by atoms with Crippen LogP contribution in [0.2, 0.25) is 0 Å². The summed E-state index contributed by atoms with van der Waals surface area (Å²) in [4.78, 5) is 12.3. The number of pyridine rings is 1. The summed E-state index contributed by atoms with van der Waals surface area (Å²) in [6.07, 6.45) is 3.13. The molecule has 0 aliphatic carbocycles. The van der Waals surface area contributed by atoms with Crippen LogP contribution >= 0.6 is 0 Å². The molecule has 0 atom stereocenters. The Balaban J connectivity index is 0.000000497. The van der Waals surface area contributed by atoms with Gasteiger partial charge in [-0.3, -0.25) is 9.78 Å². The first-order chi connectivity index (χ1) is 10.2. The summed E-state index contributed by atoms with van der Waals surface area (Å²) in [5, 5.41) is 18.2. The van der Waals surface area contributed by atoms with Crippen LogP contribution in [0.3, 0.4) is 0 Å². The number of hydrogen-bond donors (Lipinski definition) is 2. The van der Waals surface area contributed by atoms with Gasteiger partial charge in [-0.25, -0.2) is 0 Å². The van der Waals surface area contributed by atoms with E-state index in [2.05, 4.69) is 4.98 Å². The molecule has 2 N–H and O–H groups in total. The number of rotatable bonds is 2. The fraction of sp³-hybridized carbons (Fsp3) is 0. The normalized spacial score (nSPS) is 9.52. The molecule has 0 aliphatic heterocycles. The first-order valence-electron chi connectivity index (χ1n) is 6.12. The van der Waals surface area contributed by atoms with Crippen molar-refractivity contribution in [3.05, 3.63) is 60.9 Å². The fourth-order valence-corrected chi connectivity index (χ4v) is 1.83. The Labute approximate surface area is 121 Å². The molecule has 0 amide bonds. The van der Waals surface area contributed by atoms with Crippen molar-refractivity contribution in [3.63, 3.8) is 0 Å². The standard InChI is InChI=1S/C15H11NO2.CH2O2/c17-15-10-16-9-11-8-13(6-7-14(11)15)18-12-4-2-1-3-5-12;2-1-3/h1-10,17H;1H,(H,2,3). The Bertz CT molecular complexity index is 729. The monoisotopic (exact) mass is 283 g/mol. The van der Waals surface area contributed by atoms with Crippen LogP contribution in [0.15, 0.2) is 60.9 Å². The summed E-state index contributed by atoms with van der Waals surface area (Å²) in [6.45, 7) is -0.250. The number of hydrogen-bond acceptors (Lipinski definition) is 4. The van der Waals surface area contributed by atoms with Gasteiger partial charge in [-0.2, -0.15) is 0 Å². The third-order valence-corrected chi connectivity index (χ3v) is 2.69. The van der Waals surface area contributed by atoms with E-state index in [0.717, 1.165) is 22.3 Å². The van der Waals surface area contributed by atoms with E-state index >= 15 is 0 Å². The molecule has 106 valence electrons. The first-order valence-corrected chi connectivity index (χ1v) is 6.12. The molecule has 1 aromatic heterocycles. The van der Waals surface area contributed by atoms with Crippen molar-refractivity contribution in [3.8, 4) is 17.2 Å². The topological polar surface area (TPSA) is 79.7 Å². The van der Waals surface area contributed by atoms with Crippen molar-refractivity contribution in [2.45, 2.75) is 0 Å². The van der Waals surface area contributed by atoms with E-state index in [1.54, 1.807) is 6.20 Å². The summed E-state index contributed by atoms with van der Waals surface area (Å²) in [7, 11) is 0. The Morgan fingerprint density at radius 3 is 2.43 bits per heavy atom. The molecule has 0 fully saturated rings. The number of aromatic hydroxyl groups is 1. The third kappa shape index (κ3) is 3.70. The predicted octanol–water partition coefficient (Wildman–Crippen LogP) is 3.43. The number of aromatic nitrogens is 1. The van der Waals surface area contributed by atoms with E-state index in [0.29, 0.717) is 0 Å². The Hall–Kier alpha value is -3.08. The largest absolute Gasteiger partial charge is 0.506 e. The van der Waals surface area contributed by atoms with Crippen molar-refractivity contribution in [1.82, 2.24) is 4.98 Å². The summed E-state index contributed by atoms with van der Waals surface area (Å²) < 4.78 is 5.72. The lowest BCUT2D eigenvalue weighted by atomic mass is 10.1. The molecule has 0 saturated carbocycles. The van der Waals surface area contributed by atoms with Gasteiger partial charge in [-0.1, -0.05) is 18.2 Å². The number of carbonyl (C=O) groups is 1. The van der Waals surface area contributed by atoms with E-state index < -0.39 is 0 Å². The van der Waals surface area contributed by atoms with Crippen molar-refractivity contribution in [1.29, 1.82) is 0 Å². The minimum absolute atomic E-state index is 0.179. The highest BCUT2D eigenvalue weighted by atomic mass is 16.5. The summed E-state index contributed by atoms with van der Waals surface area (Å²) in [5.41, 5.74) is 0. The Morgan fingerprint density at radius 1 is 1.00 bits per heavy atom. The summed E-state index contributed by atoms with van der Waals surface area (Å²) >= 11 is 0. The first kappa shape index (κ1) is 14.3. The number of ether oxygens (including phenoxy) is 1. The molecule has 0 saturated heterocycles. The predicted molar refractivity (Wildman–Crippen MR) is 78.6 cm³/mol. The molecule has 0 aliphatic rings. The number of benzene rings is 2. The van der Waals surface area contributed by atoms with Crippen LogP contribution in [0.25, 0.3) is 10.8 Å². The zero-order chi connectivity index (χ0) is 15.1. The van der Waals surface area contributed by atoms with Crippen LogP contribution in [0.5, 0.6) is 17.2 Å². The molecule has 3 rings (SSSR count). The van der Waals surface area contributed by atoms with Gasteiger partial charge in [-0.05, 0) is 30.3 Å². The SMILES string of the molecule is O=CO.Oc1cncc2cc(Oc3ccccc3)ccc12. The average molecular weight is 283 g/mol. The molecular weight excluding hydrogens is 270 g/mol. The van der Waals surface area contributed by atoms with Gasteiger partial charge >= 0.3 is 0 Å². The molecule has 3 aromatic rings. The molecule has 2 aromatic carbocycles. The van der Waals surface area contributed by atoms with Crippen LogP contribution in [0, 0.1) is 0 Å². The maximum Gasteiger partial charge on any atom is 0.290 e. The van der Waals surface area contributed by atoms with E-state index in [4.69, 9.17) is 14.6 Å². The Morgan fingerprint density at radius 2 is 1.71 bits per heavy atom. The maximum absolute atomic E-state index is 9.65. The van der Waals surface area contributed by atoms with Gasteiger partial charge in [-0.15, -0.1) is 0 Å². The lowest BCUT2D eigenvalue weighted by Crippen LogP contribution is -1.84. The fourth-order valence-electron chi connectivity index (χ4n) is 1.83. The van der Waals surface area contributed by atoms with Crippen molar-refractivity contribution >= 4 is 17.2 Å².